The van der Waals surface area contributed by atoms with Crippen LogP contribution >= 0.6 is 7.82 Å². The highest BCUT2D eigenvalue weighted by Crippen LogP contribution is 2.47. The number of phosphoric ester groups is 1. The van der Waals surface area contributed by atoms with Gasteiger partial charge in [-0.15, -0.1) is 0 Å². The first-order valence-corrected chi connectivity index (χ1v) is 26.8. The molecule has 0 saturated carbocycles. The Hall–Kier alpha value is -1.11. The van der Waals surface area contributed by atoms with E-state index in [4.69, 9.17) is 13.8 Å². The quantitative estimate of drug-likeness (QED) is 0.0252. The lowest BCUT2D eigenvalue weighted by Gasteiger charge is -2.42. The largest absolute Gasteiger partial charge is 0.530 e. The Kier molecular flexibility index (Phi) is 36.3. The van der Waals surface area contributed by atoms with E-state index in [0.717, 1.165) is 77.0 Å². The maximum absolute atomic E-state index is 13.2. The Balaban J connectivity index is 2.66. The second kappa shape index (κ2) is 38.2. The normalized spacial score (nSPS) is 21.2. The van der Waals surface area contributed by atoms with Gasteiger partial charge in [-0.2, -0.15) is 0 Å². The molecule has 12 nitrogen and oxygen atoms in total. The minimum absolute atomic E-state index is 0.0145. The number of hydrogen-bond acceptors (Lipinski definition) is 10. The first-order valence-electron chi connectivity index (χ1n) is 25.3. The van der Waals surface area contributed by atoms with Crippen LogP contribution in [-0.2, 0) is 27.9 Å². The number of phosphoric acid groups is 1. The number of aliphatic hydroxyl groups is 4. The fourth-order valence-electron chi connectivity index (χ4n) is 8.56. The lowest BCUT2D eigenvalue weighted by atomic mass is 9.91. The number of carbonyl (C=O) groups excluding carboxylic acids is 2. The number of unbranched alkanes of at least 4 members (excludes halogenated alkanes) is 27. The first-order chi connectivity index (χ1) is 29.5. The number of amides is 1. The fraction of sp³-hybridized carbons (Fsp3) is 0.958. The molecule has 0 aliphatic carbocycles. The van der Waals surface area contributed by atoms with Gasteiger partial charge >= 0.3 is 13.8 Å². The smallest absolute Gasteiger partial charge is 0.394 e. The predicted octanol–water partition coefficient (Wildman–Crippen LogP) is 11.3. The Labute approximate surface area is 372 Å². The molecule has 1 heterocycles. The van der Waals surface area contributed by atoms with Gasteiger partial charge in [-0.3, -0.25) is 19.0 Å². The molecule has 362 valence electrons. The van der Waals surface area contributed by atoms with Gasteiger partial charge < -0.3 is 35.0 Å². The van der Waals surface area contributed by atoms with E-state index >= 15 is 0 Å². The van der Waals surface area contributed by atoms with Crippen molar-refractivity contribution in [2.45, 2.75) is 282 Å². The Morgan fingerprint density at radius 2 is 0.984 bits per heavy atom. The summed E-state index contributed by atoms with van der Waals surface area (Å²) in [6, 6.07) is -1.51. The van der Waals surface area contributed by atoms with Crippen LogP contribution in [0.5, 0.6) is 0 Å². The van der Waals surface area contributed by atoms with Gasteiger partial charge in [0, 0.05) is 6.42 Å². The molecule has 0 aromatic heterocycles. The summed E-state index contributed by atoms with van der Waals surface area (Å²) >= 11 is 0. The van der Waals surface area contributed by atoms with Gasteiger partial charge in [0.25, 0.3) is 0 Å². The Morgan fingerprint density at radius 3 is 1.38 bits per heavy atom. The topological polar surface area (TPSA) is 192 Å². The molecule has 61 heavy (non-hydrogen) atoms. The van der Waals surface area contributed by atoms with Crippen LogP contribution in [0.3, 0.4) is 0 Å². The summed E-state index contributed by atoms with van der Waals surface area (Å²) < 4.78 is 28.9. The molecule has 0 aromatic carbocycles. The van der Waals surface area contributed by atoms with Crippen molar-refractivity contribution in [1.29, 1.82) is 0 Å². The van der Waals surface area contributed by atoms with Crippen molar-refractivity contribution < 1.29 is 53.3 Å². The van der Waals surface area contributed by atoms with Crippen molar-refractivity contribution in [2.75, 3.05) is 6.61 Å². The van der Waals surface area contributed by atoms with Gasteiger partial charge in [0.1, 0.15) is 24.4 Å². The van der Waals surface area contributed by atoms with Crippen molar-refractivity contribution in [2.24, 2.45) is 5.92 Å². The second-order valence-corrected chi connectivity index (χ2v) is 19.5. The standard InChI is InChI=1S/C48H94NO11P/c1-4-7-10-13-16-19-20-21-24-26-29-32-35-40(34-31-28-25-22-17-14-11-8-5-2)37-44(53)59-61(56,57)60-47-42(39-50)58-48(55)45(46(47)54)49-43(52)38-41(51)36-33-30-27-23-18-15-12-9-6-3/h40-42,45-48,50-51,54-55H,4-39H2,1-3H3,(H,49,52)(H,56,57)/t40?,41?,42-,45-,46-,47-,48?/m1/s1. The van der Waals surface area contributed by atoms with Crippen LogP contribution in [0, 0.1) is 5.92 Å². The molecule has 1 amide bonds. The number of nitrogens with one attached hydrogen (secondary N) is 1. The summed E-state index contributed by atoms with van der Waals surface area (Å²) in [5, 5.41) is 44.6. The number of ether oxygens (including phenoxy) is 1. The Morgan fingerprint density at radius 1 is 0.607 bits per heavy atom. The predicted molar refractivity (Wildman–Crippen MR) is 245 cm³/mol. The van der Waals surface area contributed by atoms with Crippen molar-refractivity contribution in [3.8, 4) is 0 Å². The van der Waals surface area contributed by atoms with Crippen LogP contribution < -0.4 is 5.32 Å². The van der Waals surface area contributed by atoms with E-state index in [1.807, 2.05) is 0 Å². The van der Waals surface area contributed by atoms with Crippen LogP contribution in [0.15, 0.2) is 0 Å². The summed E-state index contributed by atoms with van der Waals surface area (Å²) in [5.74, 6) is -1.57. The van der Waals surface area contributed by atoms with E-state index < -0.39 is 63.1 Å². The van der Waals surface area contributed by atoms with Crippen molar-refractivity contribution in [1.82, 2.24) is 5.32 Å². The van der Waals surface area contributed by atoms with Crippen LogP contribution in [0.2, 0.25) is 0 Å². The highest BCUT2D eigenvalue weighted by atomic mass is 31.2. The third kappa shape index (κ3) is 30.6. The van der Waals surface area contributed by atoms with Gasteiger partial charge in [-0.1, -0.05) is 213 Å². The molecule has 0 spiro atoms. The number of aliphatic hydroxyl groups excluding tert-OH is 4. The molecule has 13 heteroatoms. The SMILES string of the molecule is CCCCCCCCCCCCCCC(CCCCCCCCCCC)CC(=O)OP(=O)(O)O[C@H]1[C@H](O)[C@@H](NC(=O)CC(O)CCCCCCCCCCC)C(O)O[C@@H]1CO. The summed E-state index contributed by atoms with van der Waals surface area (Å²) in [4.78, 5) is 36.7. The van der Waals surface area contributed by atoms with E-state index in [0.29, 0.717) is 6.42 Å². The summed E-state index contributed by atoms with van der Waals surface area (Å²) in [6.45, 7) is 5.85. The van der Waals surface area contributed by atoms with Crippen molar-refractivity contribution in [3.05, 3.63) is 0 Å². The first kappa shape index (κ1) is 57.9. The van der Waals surface area contributed by atoms with Crippen LogP contribution in [0.4, 0.5) is 0 Å². The third-order valence-corrected chi connectivity index (χ3v) is 13.3. The molecule has 0 bridgehead atoms. The van der Waals surface area contributed by atoms with Crippen molar-refractivity contribution in [3.63, 3.8) is 0 Å². The van der Waals surface area contributed by atoms with Crippen LogP contribution in [-0.4, -0.2) is 80.6 Å². The highest BCUT2D eigenvalue weighted by molar-refractivity contribution is 7.48. The molecule has 4 unspecified atom stereocenters. The zero-order valence-corrected chi connectivity index (χ0v) is 40.0. The molecule has 0 radical (unpaired) electrons. The number of hydrogen-bond donors (Lipinski definition) is 6. The zero-order valence-electron chi connectivity index (χ0n) is 39.1. The average molecular weight is 892 g/mol. The van der Waals surface area contributed by atoms with Gasteiger partial charge in [0.05, 0.1) is 19.1 Å². The van der Waals surface area contributed by atoms with Crippen molar-refractivity contribution >= 4 is 19.7 Å². The maximum atomic E-state index is 13.2. The number of carbonyl (C=O) groups is 2. The molecule has 1 aliphatic heterocycles. The van der Waals surface area contributed by atoms with E-state index in [1.165, 1.54) is 128 Å². The maximum Gasteiger partial charge on any atom is 0.530 e. The number of rotatable bonds is 42. The van der Waals surface area contributed by atoms with E-state index in [2.05, 4.69) is 26.1 Å². The Bertz CT molecular complexity index is 1100. The van der Waals surface area contributed by atoms with Crippen LogP contribution in [0.25, 0.3) is 0 Å². The molecular weight excluding hydrogens is 797 g/mol. The molecule has 0 aromatic rings. The highest BCUT2D eigenvalue weighted by Gasteiger charge is 2.49. The third-order valence-electron chi connectivity index (χ3n) is 12.4. The lowest BCUT2D eigenvalue weighted by Crippen LogP contribution is -2.64. The van der Waals surface area contributed by atoms with Gasteiger partial charge in [0.2, 0.25) is 5.91 Å². The van der Waals surface area contributed by atoms with Crippen LogP contribution in [0.1, 0.15) is 245 Å². The fourth-order valence-corrected chi connectivity index (χ4v) is 9.51. The summed E-state index contributed by atoms with van der Waals surface area (Å²) in [6.07, 6.45) is 29.7. The van der Waals surface area contributed by atoms with Gasteiger partial charge in [0.15, 0.2) is 6.29 Å². The molecule has 6 N–H and O–H groups in total. The minimum atomic E-state index is -5.14. The zero-order chi connectivity index (χ0) is 45.0. The minimum Gasteiger partial charge on any atom is -0.394 e. The molecule has 1 rings (SSSR count). The monoisotopic (exact) mass is 892 g/mol. The van der Waals surface area contributed by atoms with E-state index in [1.54, 1.807) is 0 Å². The van der Waals surface area contributed by atoms with Gasteiger partial charge in [-0.05, 0) is 25.2 Å². The molecule has 1 aliphatic rings. The lowest BCUT2D eigenvalue weighted by molar-refractivity contribution is -0.251. The van der Waals surface area contributed by atoms with E-state index in [9.17, 15) is 39.5 Å². The van der Waals surface area contributed by atoms with Gasteiger partial charge in [-0.25, -0.2) is 4.57 Å². The molecule has 1 fully saturated rings. The summed E-state index contributed by atoms with van der Waals surface area (Å²) in [5.41, 5.74) is 0. The average Bonchev–Trinajstić information content (AvgIpc) is 3.22. The molecule has 8 atom stereocenters. The second-order valence-electron chi connectivity index (χ2n) is 18.2. The molecular formula is C48H94NO11P. The van der Waals surface area contributed by atoms with E-state index in [-0.39, 0.29) is 18.8 Å². The molecule has 1 saturated heterocycles. The summed E-state index contributed by atoms with van der Waals surface area (Å²) in [7, 11) is -5.14.